The lowest BCUT2D eigenvalue weighted by molar-refractivity contribution is 0.102. The summed E-state index contributed by atoms with van der Waals surface area (Å²) in [6.07, 6.45) is 0. The van der Waals surface area contributed by atoms with Crippen molar-refractivity contribution in [2.24, 2.45) is 0 Å². The van der Waals surface area contributed by atoms with Crippen molar-refractivity contribution in [2.75, 3.05) is 5.32 Å². The Kier molecular flexibility index (Phi) is 4.99. The minimum atomic E-state index is -0.209. The van der Waals surface area contributed by atoms with Crippen LogP contribution in [0.25, 0.3) is 0 Å². The van der Waals surface area contributed by atoms with Crippen molar-refractivity contribution in [1.29, 1.82) is 0 Å². The Morgan fingerprint density at radius 2 is 1.31 bits per heavy atom. The summed E-state index contributed by atoms with van der Waals surface area (Å²) >= 11 is 0. The minimum absolute atomic E-state index is 0.113. The van der Waals surface area contributed by atoms with Gasteiger partial charge in [0.25, 0.3) is 5.91 Å². The van der Waals surface area contributed by atoms with Gasteiger partial charge in [-0.3, -0.25) is 9.59 Å². The van der Waals surface area contributed by atoms with Crippen LogP contribution in [0.4, 0.5) is 5.69 Å². The molecule has 0 fully saturated rings. The summed E-state index contributed by atoms with van der Waals surface area (Å²) in [5.41, 5.74) is 5.34. The molecule has 0 unspecified atom stereocenters. The van der Waals surface area contributed by atoms with Gasteiger partial charge in [-0.25, -0.2) is 0 Å². The van der Waals surface area contributed by atoms with E-state index in [4.69, 9.17) is 0 Å². The molecule has 0 aromatic heterocycles. The molecule has 0 aliphatic carbocycles. The van der Waals surface area contributed by atoms with Crippen molar-refractivity contribution in [1.82, 2.24) is 0 Å². The summed E-state index contributed by atoms with van der Waals surface area (Å²) in [5, 5.41) is 2.91. The molecule has 3 aromatic rings. The van der Waals surface area contributed by atoms with Gasteiger partial charge in [0.2, 0.25) is 0 Å². The van der Waals surface area contributed by atoms with Crippen LogP contribution in [0.15, 0.2) is 66.7 Å². The molecule has 0 saturated carbocycles. The molecule has 1 amide bonds. The van der Waals surface area contributed by atoms with Crippen LogP contribution in [0.2, 0.25) is 0 Å². The molecule has 0 atom stereocenters. The van der Waals surface area contributed by atoms with E-state index in [1.807, 2.05) is 57.2 Å². The van der Waals surface area contributed by atoms with Crippen LogP contribution in [0.1, 0.15) is 43.0 Å². The summed E-state index contributed by atoms with van der Waals surface area (Å²) < 4.78 is 0. The first-order valence-electron chi connectivity index (χ1n) is 8.55. The van der Waals surface area contributed by atoms with Crippen LogP contribution >= 0.6 is 0 Å². The maximum atomic E-state index is 12.8. The van der Waals surface area contributed by atoms with Gasteiger partial charge in [-0.1, -0.05) is 48.5 Å². The molecule has 0 aliphatic rings. The van der Waals surface area contributed by atoms with Crippen molar-refractivity contribution in [2.45, 2.75) is 20.8 Å². The Morgan fingerprint density at radius 3 is 2.04 bits per heavy atom. The number of nitrogens with one attached hydrogen (secondary N) is 1. The predicted molar refractivity (Wildman–Crippen MR) is 105 cm³/mol. The smallest absolute Gasteiger partial charge is 0.255 e. The van der Waals surface area contributed by atoms with Gasteiger partial charge in [-0.05, 0) is 55.7 Å². The van der Waals surface area contributed by atoms with E-state index in [2.05, 4.69) is 5.32 Å². The third-order valence-corrected chi connectivity index (χ3v) is 4.54. The van der Waals surface area contributed by atoms with Crippen LogP contribution in [-0.4, -0.2) is 11.7 Å². The number of hydrogen-bond acceptors (Lipinski definition) is 2. The summed E-state index contributed by atoms with van der Waals surface area (Å²) in [4.78, 5) is 25.6. The Morgan fingerprint density at radius 1 is 0.692 bits per heavy atom. The number of rotatable bonds is 4. The highest BCUT2D eigenvalue weighted by Gasteiger charge is 2.17. The average molecular weight is 343 g/mol. The first-order chi connectivity index (χ1) is 12.5. The van der Waals surface area contributed by atoms with Crippen molar-refractivity contribution in [3.8, 4) is 0 Å². The second kappa shape index (κ2) is 7.36. The van der Waals surface area contributed by atoms with E-state index in [-0.39, 0.29) is 11.7 Å². The number of ketones is 1. The lowest BCUT2D eigenvalue weighted by Gasteiger charge is -2.13. The average Bonchev–Trinajstić information content (AvgIpc) is 2.65. The third-order valence-electron chi connectivity index (χ3n) is 4.54. The minimum Gasteiger partial charge on any atom is -0.321 e. The Hall–Kier alpha value is -3.20. The number of hydrogen-bond donors (Lipinski definition) is 1. The van der Waals surface area contributed by atoms with Gasteiger partial charge in [-0.2, -0.15) is 0 Å². The lowest BCUT2D eigenvalue weighted by Crippen LogP contribution is -2.16. The van der Waals surface area contributed by atoms with E-state index in [1.54, 1.807) is 30.3 Å². The standard InChI is InChI=1S/C23H21NO2/c1-15-13-17(3)20(14-16(15)2)23(26)24-21-12-8-7-11-19(21)22(25)18-9-5-4-6-10-18/h4-14H,1-3H3,(H,24,26). The number of benzene rings is 3. The molecular weight excluding hydrogens is 322 g/mol. The third kappa shape index (κ3) is 3.57. The Labute approximate surface area is 153 Å². The molecule has 1 N–H and O–H groups in total. The van der Waals surface area contributed by atoms with Crippen LogP contribution in [0, 0.1) is 20.8 Å². The maximum Gasteiger partial charge on any atom is 0.255 e. The normalized spacial score (nSPS) is 10.4. The lowest BCUT2D eigenvalue weighted by atomic mass is 9.99. The Balaban J connectivity index is 1.93. The van der Waals surface area contributed by atoms with E-state index >= 15 is 0 Å². The zero-order valence-electron chi connectivity index (χ0n) is 15.2. The summed E-state index contributed by atoms with van der Waals surface area (Å²) in [6, 6.07) is 20.1. The van der Waals surface area contributed by atoms with Gasteiger partial charge in [0.15, 0.2) is 5.78 Å². The molecule has 0 radical (unpaired) electrons. The quantitative estimate of drug-likeness (QED) is 0.670. The largest absolute Gasteiger partial charge is 0.321 e. The highest BCUT2D eigenvalue weighted by Crippen LogP contribution is 2.22. The van der Waals surface area contributed by atoms with Gasteiger partial charge in [-0.15, -0.1) is 0 Å². The van der Waals surface area contributed by atoms with Crippen LogP contribution < -0.4 is 5.32 Å². The van der Waals surface area contributed by atoms with E-state index in [9.17, 15) is 9.59 Å². The zero-order valence-corrected chi connectivity index (χ0v) is 15.2. The van der Waals surface area contributed by atoms with Gasteiger partial charge in [0.1, 0.15) is 0 Å². The van der Waals surface area contributed by atoms with Crippen LogP contribution in [0.5, 0.6) is 0 Å². The molecule has 3 rings (SSSR count). The summed E-state index contributed by atoms with van der Waals surface area (Å²) in [7, 11) is 0. The van der Waals surface area contributed by atoms with Gasteiger partial charge < -0.3 is 5.32 Å². The number of aryl methyl sites for hydroxylation is 3. The SMILES string of the molecule is Cc1cc(C)c(C(=O)Nc2ccccc2C(=O)c2ccccc2)cc1C. The van der Waals surface area contributed by atoms with E-state index in [0.29, 0.717) is 22.4 Å². The van der Waals surface area contributed by atoms with Crippen LogP contribution in [0.3, 0.4) is 0 Å². The van der Waals surface area contributed by atoms with Crippen molar-refractivity contribution < 1.29 is 9.59 Å². The topological polar surface area (TPSA) is 46.2 Å². The first kappa shape index (κ1) is 17.6. The highest BCUT2D eigenvalue weighted by molar-refractivity contribution is 6.15. The van der Waals surface area contributed by atoms with E-state index < -0.39 is 0 Å². The molecule has 3 heteroatoms. The molecule has 0 heterocycles. The molecule has 26 heavy (non-hydrogen) atoms. The fraction of sp³-hybridized carbons (Fsp3) is 0.130. The number of anilines is 1. The molecule has 0 saturated heterocycles. The van der Waals surface area contributed by atoms with Crippen molar-refractivity contribution >= 4 is 17.4 Å². The fourth-order valence-electron chi connectivity index (χ4n) is 2.93. The van der Waals surface area contributed by atoms with Gasteiger partial charge >= 0.3 is 0 Å². The van der Waals surface area contributed by atoms with E-state index in [1.165, 1.54) is 0 Å². The van der Waals surface area contributed by atoms with Crippen LogP contribution in [-0.2, 0) is 0 Å². The molecular formula is C23H21NO2. The van der Waals surface area contributed by atoms with Gasteiger partial charge in [0, 0.05) is 16.7 Å². The number of para-hydroxylation sites is 1. The second-order valence-electron chi connectivity index (χ2n) is 6.45. The molecule has 130 valence electrons. The Bertz CT molecular complexity index is 975. The fourth-order valence-corrected chi connectivity index (χ4v) is 2.93. The first-order valence-corrected chi connectivity index (χ1v) is 8.55. The molecule has 0 bridgehead atoms. The summed E-state index contributed by atoms with van der Waals surface area (Å²) in [5.74, 6) is -0.322. The number of carbonyl (C=O) groups excluding carboxylic acids is 2. The number of amides is 1. The van der Waals surface area contributed by atoms with Crippen molar-refractivity contribution in [3.63, 3.8) is 0 Å². The number of carbonyl (C=O) groups is 2. The monoisotopic (exact) mass is 343 g/mol. The predicted octanol–water partition coefficient (Wildman–Crippen LogP) is 5.10. The molecule has 0 aliphatic heterocycles. The molecule has 3 nitrogen and oxygen atoms in total. The highest BCUT2D eigenvalue weighted by atomic mass is 16.1. The van der Waals surface area contributed by atoms with Crippen molar-refractivity contribution in [3.05, 3.63) is 100 Å². The maximum absolute atomic E-state index is 12.8. The molecule has 0 spiro atoms. The summed E-state index contributed by atoms with van der Waals surface area (Å²) in [6.45, 7) is 5.93. The zero-order chi connectivity index (χ0) is 18.7. The van der Waals surface area contributed by atoms with E-state index in [0.717, 1.165) is 16.7 Å². The van der Waals surface area contributed by atoms with Gasteiger partial charge in [0.05, 0.1) is 5.69 Å². The molecule has 3 aromatic carbocycles. The second-order valence-corrected chi connectivity index (χ2v) is 6.45.